The van der Waals surface area contributed by atoms with Crippen molar-refractivity contribution in [1.29, 1.82) is 0 Å². The fourth-order valence-electron chi connectivity index (χ4n) is 3.65. The molecule has 0 aromatic heterocycles. The van der Waals surface area contributed by atoms with Crippen LogP contribution in [0, 0.1) is 0 Å². The number of carbonyl (C=O) groups is 1. The van der Waals surface area contributed by atoms with Crippen molar-refractivity contribution in [2.75, 3.05) is 36.4 Å². The highest BCUT2D eigenvalue weighted by Crippen LogP contribution is 2.35. The van der Waals surface area contributed by atoms with Crippen LogP contribution in [-0.4, -0.2) is 52.5 Å². The molecule has 7 heteroatoms. The normalized spacial score (nSPS) is 16.3. The molecular formula is C21H27N3O3S. The number of likely N-dealkylation sites (N-methyl/N-ethyl adjacent to an activating group) is 1. The van der Waals surface area contributed by atoms with E-state index in [4.69, 9.17) is 0 Å². The second-order valence-corrected chi connectivity index (χ2v) is 9.31. The van der Waals surface area contributed by atoms with Gasteiger partial charge in [-0.05, 0) is 63.3 Å². The number of hydrogen-bond acceptors (Lipinski definition) is 4. The molecule has 2 aromatic rings. The van der Waals surface area contributed by atoms with Gasteiger partial charge in [0, 0.05) is 31.7 Å². The summed E-state index contributed by atoms with van der Waals surface area (Å²) in [4.78, 5) is 15.9. The zero-order valence-corrected chi connectivity index (χ0v) is 17.6. The summed E-state index contributed by atoms with van der Waals surface area (Å²) >= 11 is 0. The summed E-state index contributed by atoms with van der Waals surface area (Å²) in [7, 11) is 0.116. The van der Waals surface area contributed by atoms with Gasteiger partial charge in [-0.1, -0.05) is 18.2 Å². The zero-order valence-electron chi connectivity index (χ0n) is 16.8. The topological polar surface area (TPSA) is 60.9 Å². The summed E-state index contributed by atoms with van der Waals surface area (Å²) in [6, 6.07) is 14.3. The molecule has 1 amide bonds. The first-order valence-electron chi connectivity index (χ1n) is 9.37. The maximum Gasteiger partial charge on any atom is 0.264 e. The minimum absolute atomic E-state index is 0.0289. The molecule has 3 rings (SSSR count). The lowest BCUT2D eigenvalue weighted by Gasteiger charge is -2.26. The van der Waals surface area contributed by atoms with Crippen LogP contribution in [0.15, 0.2) is 53.4 Å². The maximum atomic E-state index is 13.5. The molecule has 150 valence electrons. The third-order valence-corrected chi connectivity index (χ3v) is 6.81. The van der Waals surface area contributed by atoms with Crippen LogP contribution in [0.5, 0.6) is 0 Å². The molecule has 2 aromatic carbocycles. The van der Waals surface area contributed by atoms with E-state index in [1.54, 1.807) is 35.2 Å². The number of rotatable bonds is 6. The summed E-state index contributed by atoms with van der Waals surface area (Å²) in [6.07, 6.45) is 0.654. The SMILES string of the molecule is CC(=O)N1c2ccc(S(=O)(=O)N(CCN(C)C)c3ccccc3)cc2CC1C. The molecule has 0 N–H and O–H groups in total. The van der Waals surface area contributed by atoms with Crippen molar-refractivity contribution in [2.24, 2.45) is 0 Å². The maximum absolute atomic E-state index is 13.5. The van der Waals surface area contributed by atoms with Crippen LogP contribution in [0.1, 0.15) is 19.4 Å². The van der Waals surface area contributed by atoms with Gasteiger partial charge in [0.1, 0.15) is 0 Å². The van der Waals surface area contributed by atoms with E-state index >= 15 is 0 Å². The minimum Gasteiger partial charge on any atom is -0.309 e. The first kappa shape index (κ1) is 20.4. The fraction of sp³-hybridized carbons (Fsp3) is 0.381. The number of nitrogens with zero attached hydrogens (tertiary/aromatic N) is 3. The van der Waals surface area contributed by atoms with E-state index in [0.717, 1.165) is 11.3 Å². The molecule has 0 saturated heterocycles. The minimum atomic E-state index is -3.72. The highest BCUT2D eigenvalue weighted by Gasteiger charge is 2.32. The van der Waals surface area contributed by atoms with E-state index in [9.17, 15) is 13.2 Å². The summed E-state index contributed by atoms with van der Waals surface area (Å²) in [5.74, 6) is -0.0289. The number of sulfonamides is 1. The van der Waals surface area contributed by atoms with Gasteiger partial charge < -0.3 is 9.80 Å². The van der Waals surface area contributed by atoms with E-state index in [0.29, 0.717) is 25.2 Å². The van der Waals surface area contributed by atoms with Gasteiger partial charge in [0.25, 0.3) is 10.0 Å². The third-order valence-electron chi connectivity index (χ3n) is 4.99. The van der Waals surface area contributed by atoms with Crippen molar-refractivity contribution in [3.05, 3.63) is 54.1 Å². The molecule has 0 saturated carbocycles. The predicted octanol–water partition coefficient (Wildman–Crippen LogP) is 2.74. The monoisotopic (exact) mass is 401 g/mol. The van der Waals surface area contributed by atoms with Crippen LogP contribution < -0.4 is 9.21 Å². The van der Waals surface area contributed by atoms with E-state index < -0.39 is 10.0 Å². The van der Waals surface area contributed by atoms with Crippen molar-refractivity contribution in [2.45, 2.75) is 31.2 Å². The van der Waals surface area contributed by atoms with Gasteiger partial charge in [-0.25, -0.2) is 8.42 Å². The predicted molar refractivity (Wildman–Crippen MR) is 112 cm³/mol. The number of benzene rings is 2. The molecule has 0 fully saturated rings. The van der Waals surface area contributed by atoms with Crippen LogP contribution in [0.4, 0.5) is 11.4 Å². The van der Waals surface area contributed by atoms with E-state index in [-0.39, 0.29) is 16.8 Å². The zero-order chi connectivity index (χ0) is 20.5. The summed E-state index contributed by atoms with van der Waals surface area (Å²) in [5, 5.41) is 0. The summed E-state index contributed by atoms with van der Waals surface area (Å²) in [5.41, 5.74) is 2.34. The number of amides is 1. The van der Waals surface area contributed by atoms with Gasteiger partial charge in [-0.3, -0.25) is 9.10 Å². The highest BCUT2D eigenvalue weighted by atomic mass is 32.2. The van der Waals surface area contributed by atoms with Gasteiger partial charge in [0.05, 0.1) is 10.6 Å². The largest absolute Gasteiger partial charge is 0.309 e. The standard InChI is InChI=1S/C21H27N3O3S/c1-16-14-18-15-20(10-11-21(18)24(16)17(2)25)28(26,27)23(13-12-22(3)4)19-8-6-5-7-9-19/h5-11,15-16H,12-14H2,1-4H3. The van der Waals surface area contributed by atoms with Gasteiger partial charge in [-0.15, -0.1) is 0 Å². The van der Waals surface area contributed by atoms with Gasteiger partial charge in [0.2, 0.25) is 5.91 Å². The average Bonchev–Trinajstić information content (AvgIpc) is 2.97. The molecule has 0 aliphatic carbocycles. The van der Waals surface area contributed by atoms with Crippen molar-refractivity contribution in [3.63, 3.8) is 0 Å². The van der Waals surface area contributed by atoms with Crippen LogP contribution >= 0.6 is 0 Å². The van der Waals surface area contributed by atoms with Crippen LogP contribution in [0.3, 0.4) is 0 Å². The van der Waals surface area contributed by atoms with Crippen molar-refractivity contribution >= 4 is 27.3 Å². The van der Waals surface area contributed by atoms with Crippen LogP contribution in [0.25, 0.3) is 0 Å². The molecule has 0 radical (unpaired) electrons. The van der Waals surface area contributed by atoms with Crippen molar-refractivity contribution < 1.29 is 13.2 Å². The lowest BCUT2D eigenvalue weighted by atomic mass is 10.1. The van der Waals surface area contributed by atoms with Crippen molar-refractivity contribution in [3.8, 4) is 0 Å². The first-order valence-corrected chi connectivity index (χ1v) is 10.8. The van der Waals surface area contributed by atoms with E-state index in [1.165, 1.54) is 11.2 Å². The smallest absolute Gasteiger partial charge is 0.264 e. The third kappa shape index (κ3) is 3.91. The van der Waals surface area contributed by atoms with Gasteiger partial charge in [0.15, 0.2) is 0 Å². The number of hydrogen-bond donors (Lipinski definition) is 0. The second kappa shape index (κ2) is 7.93. The number of anilines is 2. The molecule has 1 aliphatic rings. The summed E-state index contributed by atoms with van der Waals surface area (Å²) < 4.78 is 28.4. The van der Waals surface area contributed by atoms with Crippen LogP contribution in [-0.2, 0) is 21.2 Å². The Balaban J connectivity index is 2.00. The molecule has 28 heavy (non-hydrogen) atoms. The Morgan fingerprint density at radius 2 is 1.79 bits per heavy atom. The molecule has 1 unspecified atom stereocenters. The van der Waals surface area contributed by atoms with E-state index in [1.807, 2.05) is 44.1 Å². The lowest BCUT2D eigenvalue weighted by Crippen LogP contribution is -2.36. The Morgan fingerprint density at radius 3 is 2.39 bits per heavy atom. The van der Waals surface area contributed by atoms with Gasteiger partial charge in [-0.2, -0.15) is 0 Å². The molecular weight excluding hydrogens is 374 g/mol. The molecule has 0 spiro atoms. The number of carbonyl (C=O) groups excluding carboxylic acids is 1. The Bertz CT molecular complexity index is 958. The highest BCUT2D eigenvalue weighted by molar-refractivity contribution is 7.92. The second-order valence-electron chi connectivity index (χ2n) is 7.45. The molecule has 1 atom stereocenters. The molecule has 1 heterocycles. The van der Waals surface area contributed by atoms with Crippen LogP contribution in [0.2, 0.25) is 0 Å². The Morgan fingerprint density at radius 1 is 1.11 bits per heavy atom. The summed E-state index contributed by atoms with van der Waals surface area (Å²) in [6.45, 7) is 4.47. The Labute approximate surface area is 167 Å². The average molecular weight is 402 g/mol. The first-order chi connectivity index (χ1) is 13.2. The lowest BCUT2D eigenvalue weighted by molar-refractivity contribution is -0.116. The van der Waals surface area contributed by atoms with Gasteiger partial charge >= 0.3 is 0 Å². The van der Waals surface area contributed by atoms with E-state index in [2.05, 4.69) is 0 Å². The number of fused-ring (bicyclic) bond motifs is 1. The molecule has 0 bridgehead atoms. The Hall–Kier alpha value is -2.38. The molecule has 6 nitrogen and oxygen atoms in total. The fourth-order valence-corrected chi connectivity index (χ4v) is 5.16. The quantitative estimate of drug-likeness (QED) is 0.747. The Kier molecular flexibility index (Phi) is 5.76. The number of para-hydroxylation sites is 1. The van der Waals surface area contributed by atoms with Crippen molar-refractivity contribution in [1.82, 2.24) is 4.90 Å². The molecule has 1 aliphatic heterocycles.